The fourth-order valence-electron chi connectivity index (χ4n) is 2.18. The first kappa shape index (κ1) is 20.2. The largest absolute Gasteiger partial charge is 0.344 e. The molecular formula is C19H31N3O2. The first-order valence-corrected chi connectivity index (χ1v) is 8.60. The van der Waals surface area contributed by atoms with E-state index in [2.05, 4.69) is 35.4 Å². The lowest BCUT2D eigenvalue weighted by Crippen LogP contribution is -2.46. The molecule has 0 aliphatic heterocycles. The molecule has 1 unspecified atom stereocenters. The molecule has 2 N–H and O–H groups in total. The predicted octanol–water partition coefficient (Wildman–Crippen LogP) is 3.02. The summed E-state index contributed by atoms with van der Waals surface area (Å²) in [7, 11) is 0. The van der Waals surface area contributed by atoms with E-state index in [1.54, 1.807) is 6.92 Å². The molecule has 134 valence electrons. The van der Waals surface area contributed by atoms with Gasteiger partial charge in [0.2, 0.25) is 11.8 Å². The van der Waals surface area contributed by atoms with E-state index in [4.69, 9.17) is 0 Å². The molecule has 0 bridgehead atoms. The average molecular weight is 333 g/mol. The Morgan fingerprint density at radius 3 is 2.33 bits per heavy atom. The normalized spacial score (nSPS) is 12.8. The van der Waals surface area contributed by atoms with Crippen molar-refractivity contribution in [2.75, 3.05) is 18.4 Å². The zero-order valence-corrected chi connectivity index (χ0v) is 15.8. The highest BCUT2D eigenvalue weighted by Gasteiger charge is 2.25. The maximum absolute atomic E-state index is 12.3. The van der Waals surface area contributed by atoms with E-state index in [0.29, 0.717) is 0 Å². The Bertz CT molecular complexity index is 560. The number of hydrogen-bond donors (Lipinski definition) is 2. The quantitative estimate of drug-likeness (QED) is 0.806. The van der Waals surface area contributed by atoms with Gasteiger partial charge in [0.05, 0.1) is 0 Å². The van der Waals surface area contributed by atoms with Crippen LogP contribution >= 0.6 is 0 Å². The summed E-state index contributed by atoms with van der Waals surface area (Å²) in [6, 6.07) is 7.25. The van der Waals surface area contributed by atoms with Gasteiger partial charge in [0.1, 0.15) is 6.04 Å². The van der Waals surface area contributed by atoms with Gasteiger partial charge in [-0.25, -0.2) is 0 Å². The molecule has 0 fully saturated rings. The molecule has 0 saturated carbocycles. The van der Waals surface area contributed by atoms with Crippen LogP contribution in [0.2, 0.25) is 0 Å². The second kappa shape index (κ2) is 8.83. The molecule has 5 heteroatoms. The van der Waals surface area contributed by atoms with Crippen molar-refractivity contribution in [3.8, 4) is 0 Å². The number of hydrogen-bond acceptors (Lipinski definition) is 3. The lowest BCUT2D eigenvalue weighted by molar-refractivity contribution is -0.131. The molecule has 0 aliphatic carbocycles. The van der Waals surface area contributed by atoms with Crippen LogP contribution in [-0.2, 0) is 16.1 Å². The minimum Gasteiger partial charge on any atom is -0.344 e. The average Bonchev–Trinajstić information content (AvgIpc) is 2.51. The Morgan fingerprint density at radius 1 is 1.17 bits per heavy atom. The molecule has 0 aromatic heterocycles. The van der Waals surface area contributed by atoms with Crippen LogP contribution < -0.4 is 10.6 Å². The van der Waals surface area contributed by atoms with E-state index in [1.807, 2.05) is 39.0 Å². The molecule has 1 rings (SSSR count). The van der Waals surface area contributed by atoms with Crippen LogP contribution in [0.3, 0.4) is 0 Å². The van der Waals surface area contributed by atoms with Crippen LogP contribution in [-0.4, -0.2) is 35.8 Å². The standard InChI is InChI=1S/C19H31N3O2/c1-7-22(8-2)13-15-10-9-11-16(12-15)21-17(23)14(3)20-18(24)19(4,5)6/h9-12,14H,7-8,13H2,1-6H3,(H,20,24)(H,21,23). The molecule has 0 heterocycles. The van der Waals surface area contributed by atoms with Gasteiger partial charge in [-0.2, -0.15) is 0 Å². The second-order valence-electron chi connectivity index (χ2n) is 7.10. The van der Waals surface area contributed by atoms with Crippen molar-refractivity contribution >= 4 is 17.5 Å². The molecule has 0 aliphatic rings. The molecule has 1 atom stereocenters. The lowest BCUT2D eigenvalue weighted by Gasteiger charge is -2.22. The summed E-state index contributed by atoms with van der Waals surface area (Å²) in [5, 5.41) is 5.62. The summed E-state index contributed by atoms with van der Waals surface area (Å²) in [5.74, 6) is -0.354. The van der Waals surface area contributed by atoms with Gasteiger partial charge < -0.3 is 10.6 Å². The van der Waals surface area contributed by atoms with Gasteiger partial charge in [-0.3, -0.25) is 14.5 Å². The molecule has 24 heavy (non-hydrogen) atoms. The van der Waals surface area contributed by atoms with Gasteiger partial charge in [0.15, 0.2) is 0 Å². The third-order valence-electron chi connectivity index (χ3n) is 3.92. The molecule has 0 radical (unpaired) electrons. The van der Waals surface area contributed by atoms with Crippen molar-refractivity contribution in [1.29, 1.82) is 0 Å². The van der Waals surface area contributed by atoms with Crippen LogP contribution in [0.4, 0.5) is 5.69 Å². The van der Waals surface area contributed by atoms with E-state index in [9.17, 15) is 9.59 Å². The number of benzene rings is 1. The van der Waals surface area contributed by atoms with Gasteiger partial charge >= 0.3 is 0 Å². The smallest absolute Gasteiger partial charge is 0.246 e. The maximum atomic E-state index is 12.3. The first-order chi connectivity index (χ1) is 11.2. The van der Waals surface area contributed by atoms with Crippen molar-refractivity contribution in [1.82, 2.24) is 10.2 Å². The zero-order valence-electron chi connectivity index (χ0n) is 15.8. The SMILES string of the molecule is CCN(CC)Cc1cccc(NC(=O)C(C)NC(=O)C(C)(C)C)c1. The van der Waals surface area contributed by atoms with Crippen LogP contribution in [0.25, 0.3) is 0 Å². The maximum Gasteiger partial charge on any atom is 0.246 e. The highest BCUT2D eigenvalue weighted by Crippen LogP contribution is 2.15. The number of anilines is 1. The number of carbonyl (C=O) groups excluding carboxylic acids is 2. The molecule has 0 spiro atoms. The summed E-state index contributed by atoms with van der Waals surface area (Å²) in [4.78, 5) is 26.6. The van der Waals surface area contributed by atoms with Gasteiger partial charge in [0.25, 0.3) is 0 Å². The summed E-state index contributed by atoms with van der Waals surface area (Å²) in [5.41, 5.74) is 1.39. The summed E-state index contributed by atoms with van der Waals surface area (Å²) in [6.07, 6.45) is 0. The molecule has 0 saturated heterocycles. The van der Waals surface area contributed by atoms with E-state index in [1.165, 1.54) is 0 Å². The monoisotopic (exact) mass is 333 g/mol. The van der Waals surface area contributed by atoms with Crippen molar-refractivity contribution in [3.05, 3.63) is 29.8 Å². The lowest BCUT2D eigenvalue weighted by atomic mass is 9.95. The Morgan fingerprint density at radius 2 is 1.79 bits per heavy atom. The fraction of sp³-hybridized carbons (Fsp3) is 0.579. The van der Waals surface area contributed by atoms with Crippen molar-refractivity contribution in [2.45, 2.75) is 54.1 Å². The first-order valence-electron chi connectivity index (χ1n) is 8.60. The number of carbonyl (C=O) groups is 2. The van der Waals surface area contributed by atoms with Crippen LogP contribution in [0.5, 0.6) is 0 Å². The highest BCUT2D eigenvalue weighted by molar-refractivity contribution is 5.97. The molecule has 1 aromatic rings. The summed E-state index contributed by atoms with van der Waals surface area (Å²) >= 11 is 0. The number of nitrogens with one attached hydrogen (secondary N) is 2. The van der Waals surface area contributed by atoms with Crippen LogP contribution in [0.1, 0.15) is 47.1 Å². The number of nitrogens with zero attached hydrogens (tertiary/aromatic N) is 1. The number of rotatable bonds is 7. The van der Waals surface area contributed by atoms with E-state index >= 15 is 0 Å². The Balaban J connectivity index is 2.68. The van der Waals surface area contributed by atoms with Gasteiger partial charge in [0, 0.05) is 17.6 Å². The minimum absolute atomic E-state index is 0.138. The van der Waals surface area contributed by atoms with Gasteiger partial charge in [-0.15, -0.1) is 0 Å². The van der Waals surface area contributed by atoms with Crippen molar-refractivity contribution < 1.29 is 9.59 Å². The van der Waals surface area contributed by atoms with Crippen molar-refractivity contribution in [2.24, 2.45) is 5.41 Å². The molecule has 5 nitrogen and oxygen atoms in total. The molecule has 1 aromatic carbocycles. The highest BCUT2D eigenvalue weighted by atomic mass is 16.2. The Labute approximate surface area is 145 Å². The number of amides is 2. The fourth-order valence-corrected chi connectivity index (χ4v) is 2.18. The third kappa shape index (κ3) is 6.32. The van der Waals surface area contributed by atoms with Gasteiger partial charge in [-0.1, -0.05) is 46.8 Å². The zero-order chi connectivity index (χ0) is 18.3. The summed E-state index contributed by atoms with van der Waals surface area (Å²) in [6.45, 7) is 14.3. The molecule has 2 amide bonds. The van der Waals surface area contributed by atoms with E-state index < -0.39 is 11.5 Å². The Kier molecular flexibility index (Phi) is 7.42. The van der Waals surface area contributed by atoms with Gasteiger partial charge in [-0.05, 0) is 37.7 Å². The Hall–Kier alpha value is -1.88. The van der Waals surface area contributed by atoms with E-state index in [0.717, 1.165) is 30.9 Å². The van der Waals surface area contributed by atoms with E-state index in [-0.39, 0.29) is 11.8 Å². The van der Waals surface area contributed by atoms with Crippen LogP contribution in [0, 0.1) is 5.41 Å². The third-order valence-corrected chi connectivity index (χ3v) is 3.92. The van der Waals surface area contributed by atoms with Crippen LogP contribution in [0.15, 0.2) is 24.3 Å². The minimum atomic E-state index is -0.580. The molecular weight excluding hydrogens is 302 g/mol. The van der Waals surface area contributed by atoms with Crippen molar-refractivity contribution in [3.63, 3.8) is 0 Å². The second-order valence-corrected chi connectivity index (χ2v) is 7.10. The summed E-state index contributed by atoms with van der Waals surface area (Å²) < 4.78 is 0. The topological polar surface area (TPSA) is 61.4 Å². The predicted molar refractivity (Wildman–Crippen MR) is 98.8 cm³/mol.